The average Bonchev–Trinajstić information content (AvgIpc) is 3.44. The lowest BCUT2D eigenvalue weighted by Crippen LogP contribution is -2.24. The Hall–Kier alpha value is -4.52. The quantitative estimate of drug-likeness (QED) is 0.321. The summed E-state index contributed by atoms with van der Waals surface area (Å²) >= 11 is 0. The van der Waals surface area contributed by atoms with Gasteiger partial charge in [0, 0.05) is 30.4 Å². The molecule has 0 fully saturated rings. The third-order valence-electron chi connectivity index (χ3n) is 7.11. The molecule has 37 heavy (non-hydrogen) atoms. The second-order valence-corrected chi connectivity index (χ2v) is 9.35. The molecule has 0 unspecified atom stereocenters. The minimum atomic E-state index is -0.324. The highest BCUT2D eigenvalue weighted by Gasteiger charge is 2.22. The summed E-state index contributed by atoms with van der Waals surface area (Å²) in [7, 11) is 0. The molecule has 0 aliphatic carbocycles. The Bertz CT molecular complexity index is 1760. The molecule has 0 saturated heterocycles. The van der Waals surface area contributed by atoms with E-state index in [4.69, 9.17) is 0 Å². The zero-order valence-corrected chi connectivity index (χ0v) is 20.3. The molecular formula is C30H25FN4O2. The molecule has 1 atom stereocenters. The fraction of sp³-hybridized carbons (Fsp3) is 0.167. The number of para-hydroxylation sites is 2. The van der Waals surface area contributed by atoms with Crippen LogP contribution in [0.2, 0.25) is 0 Å². The Morgan fingerprint density at radius 1 is 0.919 bits per heavy atom. The fourth-order valence-corrected chi connectivity index (χ4v) is 5.23. The van der Waals surface area contributed by atoms with E-state index in [0.717, 1.165) is 16.8 Å². The topological polar surface area (TPSA) is 61.3 Å². The molecule has 184 valence electrons. The van der Waals surface area contributed by atoms with Crippen molar-refractivity contribution in [2.75, 3.05) is 0 Å². The first-order chi connectivity index (χ1) is 18.0. The lowest BCUT2D eigenvalue weighted by Gasteiger charge is -2.15. The third-order valence-corrected chi connectivity index (χ3v) is 7.11. The SMILES string of the molecule is Cc1c2c(=O)n(-c3ccccc3)n(Cc3ccc(F)cc3)c2cc(=O)n1CC[C@H]1C=Nc2ccccc21. The van der Waals surface area contributed by atoms with Gasteiger partial charge in [-0.3, -0.25) is 19.3 Å². The van der Waals surface area contributed by atoms with Gasteiger partial charge in [0.25, 0.3) is 11.1 Å². The summed E-state index contributed by atoms with van der Waals surface area (Å²) in [6.45, 7) is 2.62. The standard InChI is InChI=1S/C30H25FN4O2/c1-20-29-27(17-28(36)33(20)16-15-22-18-32-26-10-6-5-9-25(22)26)34(19-21-11-13-23(31)14-12-21)35(30(29)37)24-7-3-2-4-8-24/h2-14,17-18,22H,15-16,19H2,1H3/t22-/m0/s1. The highest BCUT2D eigenvalue weighted by atomic mass is 19.1. The van der Waals surface area contributed by atoms with Crippen LogP contribution >= 0.6 is 0 Å². The van der Waals surface area contributed by atoms with Gasteiger partial charge in [0.2, 0.25) is 0 Å². The first-order valence-corrected chi connectivity index (χ1v) is 12.3. The zero-order chi connectivity index (χ0) is 25.5. The maximum absolute atomic E-state index is 13.8. The van der Waals surface area contributed by atoms with E-state index in [9.17, 15) is 14.0 Å². The number of halogens is 1. The third kappa shape index (κ3) is 4.02. The molecule has 1 aliphatic rings. The molecule has 5 aromatic rings. The van der Waals surface area contributed by atoms with Gasteiger partial charge in [-0.1, -0.05) is 48.5 Å². The van der Waals surface area contributed by atoms with Crippen molar-refractivity contribution >= 4 is 22.8 Å². The summed E-state index contributed by atoms with van der Waals surface area (Å²) < 4.78 is 18.6. The van der Waals surface area contributed by atoms with E-state index in [0.29, 0.717) is 41.8 Å². The number of rotatable bonds is 6. The van der Waals surface area contributed by atoms with Gasteiger partial charge in [0.1, 0.15) is 5.82 Å². The number of fused-ring (bicyclic) bond motifs is 2. The minimum Gasteiger partial charge on any atom is -0.312 e. The number of aromatic nitrogens is 3. The van der Waals surface area contributed by atoms with Crippen LogP contribution in [-0.4, -0.2) is 20.1 Å². The van der Waals surface area contributed by atoms with Gasteiger partial charge in [-0.15, -0.1) is 0 Å². The van der Waals surface area contributed by atoms with Gasteiger partial charge < -0.3 is 4.57 Å². The fourth-order valence-electron chi connectivity index (χ4n) is 5.23. The van der Waals surface area contributed by atoms with Crippen molar-refractivity contribution in [2.45, 2.75) is 32.4 Å². The number of nitrogens with zero attached hydrogens (tertiary/aromatic N) is 4. The van der Waals surface area contributed by atoms with Crippen LogP contribution in [-0.2, 0) is 13.1 Å². The van der Waals surface area contributed by atoms with Crippen molar-refractivity contribution in [3.63, 3.8) is 0 Å². The van der Waals surface area contributed by atoms with Crippen LogP contribution in [0.1, 0.15) is 29.2 Å². The van der Waals surface area contributed by atoms with Gasteiger partial charge in [-0.25, -0.2) is 9.07 Å². The van der Waals surface area contributed by atoms with Gasteiger partial charge in [-0.2, -0.15) is 0 Å². The molecule has 0 spiro atoms. The normalized spacial score (nSPS) is 14.4. The predicted octanol–water partition coefficient (Wildman–Crippen LogP) is 5.34. The average molecular weight is 493 g/mol. The van der Waals surface area contributed by atoms with Crippen molar-refractivity contribution in [2.24, 2.45) is 4.99 Å². The number of hydrogen-bond donors (Lipinski definition) is 0. The van der Waals surface area contributed by atoms with E-state index in [1.807, 2.05) is 61.7 Å². The van der Waals surface area contributed by atoms with E-state index in [2.05, 4.69) is 11.1 Å². The van der Waals surface area contributed by atoms with Crippen LogP contribution in [0, 0.1) is 12.7 Å². The van der Waals surface area contributed by atoms with Crippen LogP contribution < -0.4 is 11.1 Å². The van der Waals surface area contributed by atoms with Gasteiger partial charge in [0.15, 0.2) is 0 Å². The largest absolute Gasteiger partial charge is 0.312 e. The van der Waals surface area contributed by atoms with E-state index in [-0.39, 0.29) is 22.9 Å². The summed E-state index contributed by atoms with van der Waals surface area (Å²) in [4.78, 5) is 31.7. The summed E-state index contributed by atoms with van der Waals surface area (Å²) in [6, 6.07) is 25.1. The van der Waals surface area contributed by atoms with Crippen LogP contribution in [0.3, 0.4) is 0 Å². The number of aliphatic imine (C=N–C) groups is 1. The maximum atomic E-state index is 13.8. The highest BCUT2D eigenvalue weighted by Crippen LogP contribution is 2.34. The minimum absolute atomic E-state index is 0.127. The van der Waals surface area contributed by atoms with Gasteiger partial charge >= 0.3 is 0 Å². The van der Waals surface area contributed by atoms with Gasteiger partial charge in [0.05, 0.1) is 28.8 Å². The summed E-state index contributed by atoms with van der Waals surface area (Å²) in [6.07, 6.45) is 2.64. The Labute approximate surface area is 212 Å². The van der Waals surface area contributed by atoms with Crippen molar-refractivity contribution in [3.05, 3.63) is 128 Å². The van der Waals surface area contributed by atoms with E-state index < -0.39 is 0 Å². The van der Waals surface area contributed by atoms with Crippen LogP contribution in [0.15, 0.2) is 99.5 Å². The van der Waals surface area contributed by atoms with E-state index in [1.54, 1.807) is 32.1 Å². The van der Waals surface area contributed by atoms with Crippen LogP contribution in [0.4, 0.5) is 10.1 Å². The molecule has 6 nitrogen and oxygen atoms in total. The van der Waals surface area contributed by atoms with Crippen molar-refractivity contribution < 1.29 is 4.39 Å². The molecule has 7 heteroatoms. The number of pyridine rings is 1. The molecule has 3 aromatic carbocycles. The first kappa shape index (κ1) is 22.9. The monoisotopic (exact) mass is 492 g/mol. The zero-order valence-electron chi connectivity index (χ0n) is 20.3. The molecule has 6 rings (SSSR count). The van der Waals surface area contributed by atoms with E-state index >= 15 is 0 Å². The molecule has 0 N–H and O–H groups in total. The molecule has 0 bridgehead atoms. The summed E-state index contributed by atoms with van der Waals surface area (Å²) in [5.41, 5.74) is 4.49. The molecule has 0 radical (unpaired) electrons. The van der Waals surface area contributed by atoms with Crippen molar-refractivity contribution in [3.8, 4) is 5.69 Å². The van der Waals surface area contributed by atoms with Crippen LogP contribution in [0.25, 0.3) is 16.6 Å². The van der Waals surface area contributed by atoms with Gasteiger partial charge in [-0.05, 0) is 54.8 Å². The molecule has 0 saturated carbocycles. The Balaban J connectivity index is 1.46. The number of hydrogen-bond acceptors (Lipinski definition) is 3. The number of aryl methyl sites for hydroxylation is 1. The maximum Gasteiger partial charge on any atom is 0.281 e. The molecule has 2 aromatic heterocycles. The molecule has 3 heterocycles. The van der Waals surface area contributed by atoms with Crippen LogP contribution in [0.5, 0.6) is 0 Å². The Morgan fingerprint density at radius 2 is 1.65 bits per heavy atom. The summed E-state index contributed by atoms with van der Waals surface area (Å²) in [5.74, 6) is -0.197. The highest BCUT2D eigenvalue weighted by molar-refractivity contribution is 5.82. The second kappa shape index (κ2) is 9.17. The molecule has 1 aliphatic heterocycles. The van der Waals surface area contributed by atoms with Crippen molar-refractivity contribution in [1.29, 1.82) is 0 Å². The summed E-state index contributed by atoms with van der Waals surface area (Å²) in [5, 5.41) is 0.506. The Morgan fingerprint density at radius 3 is 2.43 bits per heavy atom. The number of benzene rings is 3. The second-order valence-electron chi connectivity index (χ2n) is 9.35. The Kier molecular flexibility index (Phi) is 5.68. The first-order valence-electron chi connectivity index (χ1n) is 12.3. The molecule has 0 amide bonds. The van der Waals surface area contributed by atoms with Crippen molar-refractivity contribution in [1.82, 2.24) is 13.9 Å². The van der Waals surface area contributed by atoms with E-state index in [1.165, 1.54) is 12.1 Å². The smallest absolute Gasteiger partial charge is 0.281 e. The molecular weight excluding hydrogens is 467 g/mol. The lowest BCUT2D eigenvalue weighted by atomic mass is 9.98. The predicted molar refractivity (Wildman–Crippen MR) is 144 cm³/mol. The lowest BCUT2D eigenvalue weighted by molar-refractivity contribution is 0.596.